The molecule has 0 spiro atoms. The zero-order chi connectivity index (χ0) is 16.4. The molecule has 1 atom stereocenters. The molecule has 1 N–H and O–H groups in total. The van der Waals surface area contributed by atoms with Crippen molar-refractivity contribution in [2.75, 3.05) is 0 Å². The van der Waals surface area contributed by atoms with Gasteiger partial charge in [0.05, 0.1) is 0 Å². The van der Waals surface area contributed by atoms with Gasteiger partial charge in [-0.05, 0) is 42.7 Å². The number of rotatable bonds is 4. The summed E-state index contributed by atoms with van der Waals surface area (Å²) in [5.74, 6) is 0. The Bertz CT molecular complexity index is 901. The summed E-state index contributed by atoms with van der Waals surface area (Å²) in [6.45, 7) is 4.60. The number of hydrogen-bond donors (Lipinski definition) is 1. The van der Waals surface area contributed by atoms with Crippen LogP contribution in [0.15, 0.2) is 57.7 Å². The fourth-order valence-electron chi connectivity index (χ4n) is 2.68. The van der Waals surface area contributed by atoms with E-state index in [2.05, 4.69) is 12.2 Å². The Kier molecular flexibility index (Phi) is 4.51. The topological polar surface area (TPSA) is 42.2 Å². The van der Waals surface area contributed by atoms with Crippen molar-refractivity contribution in [1.82, 2.24) is 5.32 Å². The molecule has 0 saturated carbocycles. The third kappa shape index (κ3) is 3.46. The highest BCUT2D eigenvalue weighted by Gasteiger charge is 2.11. The van der Waals surface area contributed by atoms with E-state index in [9.17, 15) is 4.79 Å². The van der Waals surface area contributed by atoms with Crippen LogP contribution in [0.25, 0.3) is 11.0 Å². The average Bonchev–Trinajstić information content (AvgIpc) is 2.52. The van der Waals surface area contributed by atoms with E-state index in [1.165, 1.54) is 0 Å². The average molecular weight is 328 g/mol. The Morgan fingerprint density at radius 2 is 1.96 bits per heavy atom. The Balaban J connectivity index is 1.87. The van der Waals surface area contributed by atoms with Crippen LogP contribution in [0.1, 0.15) is 29.7 Å². The fourth-order valence-corrected chi connectivity index (χ4v) is 2.98. The second-order valence-electron chi connectivity index (χ2n) is 5.71. The summed E-state index contributed by atoms with van der Waals surface area (Å²) in [5.41, 5.74) is 3.33. The highest BCUT2D eigenvalue weighted by molar-refractivity contribution is 6.31. The summed E-state index contributed by atoms with van der Waals surface area (Å²) in [6.07, 6.45) is 0. The Morgan fingerprint density at radius 1 is 1.17 bits per heavy atom. The summed E-state index contributed by atoms with van der Waals surface area (Å²) in [6, 6.07) is 15.3. The standard InChI is InChI=1S/C19H18ClNO2/c1-12-7-8-16-14(10-19(22)23-18(16)9-12)11-21-13(2)15-5-3-4-6-17(15)20/h3-10,13,21H,11H2,1-2H3. The van der Waals surface area contributed by atoms with Crippen molar-refractivity contribution in [3.8, 4) is 0 Å². The minimum absolute atomic E-state index is 0.0800. The number of nitrogens with one attached hydrogen (secondary N) is 1. The van der Waals surface area contributed by atoms with E-state index in [4.69, 9.17) is 16.0 Å². The Hall–Kier alpha value is -2.10. The Labute approximate surface area is 139 Å². The summed E-state index contributed by atoms with van der Waals surface area (Å²) in [5, 5.41) is 5.11. The molecule has 23 heavy (non-hydrogen) atoms. The van der Waals surface area contributed by atoms with Crippen LogP contribution in [0.4, 0.5) is 0 Å². The second kappa shape index (κ2) is 6.57. The third-order valence-corrected chi connectivity index (χ3v) is 4.30. The van der Waals surface area contributed by atoms with E-state index in [1.807, 2.05) is 49.4 Å². The molecule has 0 aliphatic heterocycles. The van der Waals surface area contributed by atoms with Gasteiger partial charge < -0.3 is 9.73 Å². The first-order valence-electron chi connectivity index (χ1n) is 7.56. The number of benzene rings is 2. The van der Waals surface area contributed by atoms with E-state index in [1.54, 1.807) is 6.07 Å². The molecule has 0 radical (unpaired) electrons. The highest BCUT2D eigenvalue weighted by atomic mass is 35.5. The number of halogens is 1. The zero-order valence-corrected chi connectivity index (χ0v) is 13.9. The van der Waals surface area contributed by atoms with E-state index in [-0.39, 0.29) is 11.7 Å². The predicted octanol–water partition coefficient (Wildman–Crippen LogP) is 4.61. The minimum Gasteiger partial charge on any atom is -0.423 e. The largest absolute Gasteiger partial charge is 0.423 e. The van der Waals surface area contributed by atoms with E-state index >= 15 is 0 Å². The van der Waals surface area contributed by atoms with Crippen LogP contribution in [0.3, 0.4) is 0 Å². The van der Waals surface area contributed by atoms with Crippen molar-refractivity contribution in [2.24, 2.45) is 0 Å². The van der Waals surface area contributed by atoms with Gasteiger partial charge in [0, 0.05) is 29.1 Å². The lowest BCUT2D eigenvalue weighted by molar-refractivity contribution is 0.547. The normalized spacial score (nSPS) is 12.5. The second-order valence-corrected chi connectivity index (χ2v) is 6.12. The van der Waals surface area contributed by atoms with Gasteiger partial charge in [-0.3, -0.25) is 0 Å². The minimum atomic E-state index is -0.328. The van der Waals surface area contributed by atoms with Crippen LogP contribution in [0, 0.1) is 6.92 Å². The lowest BCUT2D eigenvalue weighted by atomic mass is 10.1. The number of hydrogen-bond acceptors (Lipinski definition) is 3. The predicted molar refractivity (Wildman–Crippen MR) is 93.9 cm³/mol. The quantitative estimate of drug-likeness (QED) is 0.712. The maximum absolute atomic E-state index is 11.8. The molecule has 0 saturated heterocycles. The third-order valence-electron chi connectivity index (χ3n) is 3.96. The first-order valence-corrected chi connectivity index (χ1v) is 7.93. The summed E-state index contributed by atoms with van der Waals surface area (Å²) < 4.78 is 5.29. The molecule has 3 nitrogen and oxygen atoms in total. The molecular formula is C19H18ClNO2. The van der Waals surface area contributed by atoms with E-state index in [0.29, 0.717) is 12.1 Å². The maximum atomic E-state index is 11.8. The monoisotopic (exact) mass is 327 g/mol. The van der Waals surface area contributed by atoms with Crippen LogP contribution in [-0.4, -0.2) is 0 Å². The molecule has 0 bridgehead atoms. The molecule has 3 aromatic rings. The SMILES string of the molecule is Cc1ccc2c(CNC(C)c3ccccc3Cl)cc(=O)oc2c1. The van der Waals surface area contributed by atoms with Crippen molar-refractivity contribution in [2.45, 2.75) is 26.4 Å². The molecule has 0 aliphatic carbocycles. The smallest absolute Gasteiger partial charge is 0.336 e. The molecule has 0 aliphatic rings. The molecular weight excluding hydrogens is 310 g/mol. The van der Waals surface area contributed by atoms with Crippen LogP contribution in [-0.2, 0) is 6.54 Å². The summed E-state index contributed by atoms with van der Waals surface area (Å²) in [7, 11) is 0. The van der Waals surface area contributed by atoms with Gasteiger partial charge in [-0.1, -0.05) is 41.9 Å². The van der Waals surface area contributed by atoms with Gasteiger partial charge >= 0.3 is 5.63 Å². The van der Waals surface area contributed by atoms with Gasteiger partial charge in [-0.2, -0.15) is 0 Å². The van der Waals surface area contributed by atoms with Gasteiger partial charge in [-0.15, -0.1) is 0 Å². The van der Waals surface area contributed by atoms with Gasteiger partial charge in [0.25, 0.3) is 0 Å². The van der Waals surface area contributed by atoms with E-state index < -0.39 is 0 Å². The van der Waals surface area contributed by atoms with Crippen molar-refractivity contribution in [3.63, 3.8) is 0 Å². The molecule has 3 rings (SSSR count). The lowest BCUT2D eigenvalue weighted by Crippen LogP contribution is -2.19. The van der Waals surface area contributed by atoms with Crippen molar-refractivity contribution >= 4 is 22.6 Å². The van der Waals surface area contributed by atoms with Crippen LogP contribution >= 0.6 is 11.6 Å². The van der Waals surface area contributed by atoms with Gasteiger partial charge in [0.1, 0.15) is 5.58 Å². The van der Waals surface area contributed by atoms with Crippen molar-refractivity contribution in [3.05, 3.63) is 80.7 Å². The molecule has 4 heteroatoms. The molecule has 1 heterocycles. The van der Waals surface area contributed by atoms with Crippen LogP contribution in [0.5, 0.6) is 0 Å². The zero-order valence-electron chi connectivity index (χ0n) is 13.1. The molecule has 1 unspecified atom stereocenters. The maximum Gasteiger partial charge on any atom is 0.336 e. The summed E-state index contributed by atoms with van der Waals surface area (Å²) >= 11 is 6.23. The fraction of sp³-hybridized carbons (Fsp3) is 0.211. The first kappa shape index (κ1) is 15.8. The molecule has 118 valence electrons. The molecule has 0 amide bonds. The highest BCUT2D eigenvalue weighted by Crippen LogP contribution is 2.23. The van der Waals surface area contributed by atoms with Crippen LogP contribution < -0.4 is 10.9 Å². The summed E-state index contributed by atoms with van der Waals surface area (Å²) in [4.78, 5) is 11.8. The van der Waals surface area contributed by atoms with Gasteiger partial charge in [0.15, 0.2) is 0 Å². The molecule has 1 aromatic heterocycles. The van der Waals surface area contributed by atoms with Crippen molar-refractivity contribution < 1.29 is 4.42 Å². The first-order chi connectivity index (χ1) is 11.0. The van der Waals surface area contributed by atoms with Gasteiger partial charge in [-0.25, -0.2) is 4.79 Å². The number of fused-ring (bicyclic) bond motifs is 1. The molecule has 0 fully saturated rings. The van der Waals surface area contributed by atoms with Gasteiger partial charge in [0.2, 0.25) is 0 Å². The lowest BCUT2D eigenvalue weighted by Gasteiger charge is -2.16. The van der Waals surface area contributed by atoms with E-state index in [0.717, 1.165) is 27.1 Å². The van der Waals surface area contributed by atoms with Crippen molar-refractivity contribution in [1.29, 1.82) is 0 Å². The van der Waals surface area contributed by atoms with Crippen LogP contribution in [0.2, 0.25) is 5.02 Å². The number of aryl methyl sites for hydroxylation is 1. The molecule has 2 aromatic carbocycles. The Morgan fingerprint density at radius 3 is 2.74 bits per heavy atom.